The first kappa shape index (κ1) is 12.1. The number of aromatic nitrogens is 5. The molecule has 1 aliphatic rings. The second-order valence-electron chi connectivity index (χ2n) is 4.83. The number of rotatable bonds is 3. The Hall–Kier alpha value is -1.67. The van der Waals surface area contributed by atoms with E-state index in [2.05, 4.69) is 20.5 Å². The molecule has 6 nitrogen and oxygen atoms in total. The molecule has 0 amide bonds. The first-order chi connectivity index (χ1) is 9.70. The van der Waals surface area contributed by atoms with Crippen LogP contribution in [0.1, 0.15) is 23.9 Å². The quantitative estimate of drug-likeness (QED) is 0.749. The molecule has 0 saturated heterocycles. The third kappa shape index (κ3) is 2.04. The molecule has 0 spiro atoms. The van der Waals surface area contributed by atoms with Crippen LogP contribution in [0.3, 0.4) is 0 Å². The highest BCUT2D eigenvalue weighted by Gasteiger charge is 2.28. The van der Waals surface area contributed by atoms with Crippen molar-refractivity contribution < 1.29 is 0 Å². The van der Waals surface area contributed by atoms with Crippen molar-refractivity contribution in [2.24, 2.45) is 0 Å². The smallest absolute Gasteiger partial charge is 0.214 e. The molecule has 2 aromatic heterocycles. The Balaban J connectivity index is 1.73. The van der Waals surface area contributed by atoms with Crippen LogP contribution in [0.15, 0.2) is 22.2 Å². The maximum absolute atomic E-state index is 6.13. The Morgan fingerprint density at radius 1 is 1.40 bits per heavy atom. The van der Waals surface area contributed by atoms with Gasteiger partial charge in [0, 0.05) is 10.6 Å². The number of fused-ring (bicyclic) bond motifs is 1. The summed E-state index contributed by atoms with van der Waals surface area (Å²) in [5.74, 6) is 0. The molecular formula is C12H12N6S2. The van der Waals surface area contributed by atoms with E-state index in [1.54, 1.807) is 11.3 Å². The van der Waals surface area contributed by atoms with Gasteiger partial charge in [0.25, 0.3) is 0 Å². The van der Waals surface area contributed by atoms with Crippen molar-refractivity contribution in [2.75, 3.05) is 5.73 Å². The molecule has 102 valence electrons. The van der Waals surface area contributed by atoms with Crippen molar-refractivity contribution in [3.8, 4) is 0 Å². The van der Waals surface area contributed by atoms with Crippen LogP contribution in [-0.4, -0.2) is 25.2 Å². The molecule has 8 heteroatoms. The van der Waals surface area contributed by atoms with Gasteiger partial charge in [-0.2, -0.15) is 0 Å². The van der Waals surface area contributed by atoms with Crippen LogP contribution in [0.5, 0.6) is 0 Å². The van der Waals surface area contributed by atoms with E-state index in [1.165, 1.54) is 11.8 Å². The Morgan fingerprint density at radius 3 is 3.05 bits per heavy atom. The Bertz CT molecular complexity index is 788. The van der Waals surface area contributed by atoms with Gasteiger partial charge in [-0.05, 0) is 54.1 Å². The zero-order chi connectivity index (χ0) is 13.7. The molecule has 0 unspecified atom stereocenters. The first-order valence-corrected chi connectivity index (χ1v) is 7.96. The van der Waals surface area contributed by atoms with E-state index in [0.29, 0.717) is 6.04 Å². The van der Waals surface area contributed by atoms with Crippen LogP contribution < -0.4 is 5.73 Å². The van der Waals surface area contributed by atoms with Crippen LogP contribution in [0.25, 0.3) is 10.2 Å². The number of thiazole rings is 1. The van der Waals surface area contributed by atoms with Crippen molar-refractivity contribution in [1.82, 2.24) is 25.2 Å². The number of nitrogen functional groups attached to an aromatic ring is 1. The third-order valence-corrected chi connectivity index (χ3v) is 5.14. The molecule has 2 N–H and O–H groups in total. The maximum atomic E-state index is 6.13. The largest absolute Gasteiger partial charge is 0.398 e. The van der Waals surface area contributed by atoms with Gasteiger partial charge in [-0.3, -0.25) is 0 Å². The van der Waals surface area contributed by atoms with E-state index >= 15 is 0 Å². The summed E-state index contributed by atoms with van der Waals surface area (Å²) >= 11 is 3.16. The first-order valence-electron chi connectivity index (χ1n) is 6.33. The molecule has 1 aromatic carbocycles. The van der Waals surface area contributed by atoms with E-state index in [0.717, 1.165) is 43.8 Å². The molecule has 2 heterocycles. The predicted octanol–water partition coefficient (Wildman–Crippen LogP) is 2.66. The SMILES string of the molecule is Cc1nc2cc(Sc3nnnn3C3CC3)c(N)cc2s1. The van der Waals surface area contributed by atoms with Crippen LogP contribution in [0.4, 0.5) is 5.69 Å². The number of tetrazole rings is 1. The van der Waals surface area contributed by atoms with E-state index < -0.39 is 0 Å². The highest BCUT2D eigenvalue weighted by Crippen LogP contribution is 2.40. The van der Waals surface area contributed by atoms with Crippen LogP contribution in [0, 0.1) is 6.92 Å². The monoisotopic (exact) mass is 304 g/mol. The number of nitrogens with two attached hydrogens (primary N) is 1. The molecule has 1 saturated carbocycles. The van der Waals surface area contributed by atoms with Gasteiger partial charge in [-0.1, -0.05) is 0 Å². The molecule has 0 radical (unpaired) electrons. The summed E-state index contributed by atoms with van der Waals surface area (Å²) in [6, 6.07) is 4.46. The second-order valence-corrected chi connectivity index (χ2v) is 7.07. The molecule has 0 aliphatic heterocycles. The lowest BCUT2D eigenvalue weighted by Crippen LogP contribution is -1.99. The minimum Gasteiger partial charge on any atom is -0.398 e. The predicted molar refractivity (Wildman–Crippen MR) is 79.0 cm³/mol. The molecule has 1 aliphatic carbocycles. The highest BCUT2D eigenvalue weighted by atomic mass is 32.2. The van der Waals surface area contributed by atoms with Crippen molar-refractivity contribution >= 4 is 39.0 Å². The summed E-state index contributed by atoms with van der Waals surface area (Å²) in [5.41, 5.74) is 7.86. The fourth-order valence-electron chi connectivity index (χ4n) is 2.07. The molecule has 20 heavy (non-hydrogen) atoms. The Kier molecular flexibility index (Phi) is 2.67. The maximum Gasteiger partial charge on any atom is 0.214 e. The fraction of sp³-hybridized carbons (Fsp3) is 0.333. The lowest BCUT2D eigenvalue weighted by Gasteiger charge is -2.05. The number of aryl methyl sites for hydroxylation is 1. The number of anilines is 1. The average molecular weight is 304 g/mol. The van der Waals surface area contributed by atoms with E-state index in [-0.39, 0.29) is 0 Å². The molecule has 1 fully saturated rings. The summed E-state index contributed by atoms with van der Waals surface area (Å²) in [4.78, 5) is 5.46. The summed E-state index contributed by atoms with van der Waals surface area (Å²) in [6.45, 7) is 2.00. The molecule has 0 bridgehead atoms. The van der Waals surface area contributed by atoms with Crippen LogP contribution in [-0.2, 0) is 0 Å². The van der Waals surface area contributed by atoms with Gasteiger partial charge in [-0.15, -0.1) is 16.4 Å². The summed E-state index contributed by atoms with van der Waals surface area (Å²) < 4.78 is 3.01. The topological polar surface area (TPSA) is 82.5 Å². The van der Waals surface area contributed by atoms with Gasteiger partial charge >= 0.3 is 0 Å². The highest BCUT2D eigenvalue weighted by molar-refractivity contribution is 7.99. The average Bonchev–Trinajstić information content (AvgIpc) is 3.04. The van der Waals surface area contributed by atoms with E-state index in [9.17, 15) is 0 Å². The normalized spacial score (nSPS) is 15.1. The van der Waals surface area contributed by atoms with Crippen molar-refractivity contribution in [3.05, 3.63) is 17.1 Å². The van der Waals surface area contributed by atoms with Crippen molar-refractivity contribution in [1.29, 1.82) is 0 Å². The Labute approximate surface area is 123 Å². The lowest BCUT2D eigenvalue weighted by molar-refractivity contribution is 0.565. The molecule has 3 aromatic rings. The summed E-state index contributed by atoms with van der Waals surface area (Å²) in [7, 11) is 0. The van der Waals surface area contributed by atoms with Crippen LogP contribution in [0.2, 0.25) is 0 Å². The minimum atomic E-state index is 0.457. The lowest BCUT2D eigenvalue weighted by atomic mass is 10.3. The Morgan fingerprint density at radius 2 is 2.25 bits per heavy atom. The van der Waals surface area contributed by atoms with Gasteiger partial charge in [0.2, 0.25) is 5.16 Å². The number of hydrogen-bond donors (Lipinski definition) is 1. The van der Waals surface area contributed by atoms with Crippen molar-refractivity contribution in [3.63, 3.8) is 0 Å². The van der Waals surface area contributed by atoms with Gasteiger partial charge in [0.1, 0.15) is 0 Å². The fourth-order valence-corrected chi connectivity index (χ4v) is 3.83. The van der Waals surface area contributed by atoms with Gasteiger partial charge in [0.05, 0.1) is 21.3 Å². The van der Waals surface area contributed by atoms with E-state index in [1.807, 2.05) is 23.7 Å². The number of hydrogen-bond acceptors (Lipinski definition) is 7. The zero-order valence-electron chi connectivity index (χ0n) is 10.8. The summed E-state index contributed by atoms with van der Waals surface area (Å²) in [5, 5.41) is 13.7. The molecular weight excluding hydrogens is 292 g/mol. The zero-order valence-corrected chi connectivity index (χ0v) is 12.4. The van der Waals surface area contributed by atoms with E-state index in [4.69, 9.17) is 5.73 Å². The minimum absolute atomic E-state index is 0.457. The molecule has 4 rings (SSSR count). The number of benzene rings is 1. The van der Waals surface area contributed by atoms with Gasteiger partial charge in [-0.25, -0.2) is 9.67 Å². The second kappa shape index (κ2) is 4.42. The standard InChI is InChI=1S/C12H12N6S2/c1-6-14-9-5-10(8(13)4-11(9)19-6)20-12-15-16-17-18(12)7-2-3-7/h4-5,7H,2-3,13H2,1H3. The van der Waals surface area contributed by atoms with Gasteiger partial charge < -0.3 is 5.73 Å². The van der Waals surface area contributed by atoms with Crippen molar-refractivity contribution in [2.45, 2.75) is 35.9 Å². The summed E-state index contributed by atoms with van der Waals surface area (Å²) in [6.07, 6.45) is 2.30. The number of nitrogens with zero attached hydrogens (tertiary/aromatic N) is 5. The van der Waals surface area contributed by atoms with Gasteiger partial charge in [0.15, 0.2) is 0 Å². The third-order valence-electron chi connectivity index (χ3n) is 3.18. The van der Waals surface area contributed by atoms with Crippen LogP contribution >= 0.6 is 23.1 Å². The molecule has 0 atom stereocenters.